The van der Waals surface area contributed by atoms with Crippen molar-refractivity contribution in [2.24, 2.45) is 0 Å². The molecule has 26 heavy (non-hydrogen) atoms. The standard InChI is InChI=1S/C21H22Cl2NO2/c1-4-12-24(3)21(2,14-16-10-11-18(22)19(23)13-16)15-26-20(25)17-8-6-5-7-9-17/h4-11,13,15H,1,12,14H2,2-3H3/t21-/m0/s1. The van der Waals surface area contributed by atoms with Crippen LogP contribution in [0.4, 0.5) is 0 Å². The zero-order chi connectivity index (χ0) is 19.2. The van der Waals surface area contributed by atoms with E-state index >= 15 is 0 Å². The highest BCUT2D eigenvalue weighted by Crippen LogP contribution is 2.28. The van der Waals surface area contributed by atoms with Gasteiger partial charge in [0.15, 0.2) is 6.61 Å². The second-order valence-electron chi connectivity index (χ2n) is 6.34. The fourth-order valence-electron chi connectivity index (χ4n) is 2.55. The molecule has 5 heteroatoms. The summed E-state index contributed by atoms with van der Waals surface area (Å²) in [6.45, 7) is 8.00. The molecule has 0 spiro atoms. The van der Waals surface area contributed by atoms with Gasteiger partial charge in [0.2, 0.25) is 0 Å². The molecule has 0 aromatic heterocycles. The van der Waals surface area contributed by atoms with Crippen LogP contribution in [0.3, 0.4) is 0 Å². The number of hydrogen-bond acceptors (Lipinski definition) is 3. The Labute approximate surface area is 165 Å². The van der Waals surface area contributed by atoms with E-state index in [1.165, 1.54) is 0 Å². The van der Waals surface area contributed by atoms with E-state index < -0.39 is 11.5 Å². The molecule has 2 aromatic rings. The topological polar surface area (TPSA) is 29.5 Å². The maximum absolute atomic E-state index is 12.3. The third-order valence-electron chi connectivity index (χ3n) is 4.25. The van der Waals surface area contributed by atoms with E-state index in [9.17, 15) is 4.79 Å². The van der Waals surface area contributed by atoms with Crippen LogP contribution in [0.5, 0.6) is 0 Å². The fraction of sp³-hybridized carbons (Fsp3) is 0.238. The van der Waals surface area contributed by atoms with Gasteiger partial charge in [-0.25, -0.2) is 4.79 Å². The molecule has 3 nitrogen and oxygen atoms in total. The van der Waals surface area contributed by atoms with Gasteiger partial charge in [0.05, 0.1) is 21.1 Å². The van der Waals surface area contributed by atoms with Crippen molar-refractivity contribution >= 4 is 29.2 Å². The van der Waals surface area contributed by atoms with E-state index in [0.717, 1.165) is 5.56 Å². The molecule has 2 rings (SSSR count). The lowest BCUT2D eigenvalue weighted by Gasteiger charge is -2.37. The lowest BCUT2D eigenvalue weighted by atomic mass is 9.92. The Morgan fingerprint density at radius 3 is 2.50 bits per heavy atom. The molecular weight excluding hydrogens is 369 g/mol. The number of ether oxygens (including phenoxy) is 1. The van der Waals surface area contributed by atoms with Gasteiger partial charge in [-0.1, -0.05) is 53.5 Å². The van der Waals surface area contributed by atoms with Crippen molar-refractivity contribution < 1.29 is 9.53 Å². The molecule has 1 atom stereocenters. The van der Waals surface area contributed by atoms with E-state index in [0.29, 0.717) is 28.6 Å². The molecule has 0 heterocycles. The van der Waals surface area contributed by atoms with Gasteiger partial charge >= 0.3 is 5.97 Å². The highest BCUT2D eigenvalue weighted by Gasteiger charge is 2.32. The summed E-state index contributed by atoms with van der Waals surface area (Å²) in [6, 6.07) is 14.4. The van der Waals surface area contributed by atoms with Crippen molar-refractivity contribution in [2.45, 2.75) is 18.9 Å². The van der Waals surface area contributed by atoms with Crippen LogP contribution in [-0.2, 0) is 11.2 Å². The van der Waals surface area contributed by atoms with Crippen molar-refractivity contribution in [3.05, 3.63) is 89.0 Å². The minimum Gasteiger partial charge on any atom is -0.453 e. The largest absolute Gasteiger partial charge is 0.453 e. The first-order valence-electron chi connectivity index (χ1n) is 8.22. The molecule has 1 radical (unpaired) electrons. The van der Waals surface area contributed by atoms with Crippen LogP contribution in [0.2, 0.25) is 10.0 Å². The Balaban J connectivity index is 2.17. The van der Waals surface area contributed by atoms with Crippen LogP contribution in [-0.4, -0.2) is 30.0 Å². The van der Waals surface area contributed by atoms with Crippen molar-refractivity contribution in [3.63, 3.8) is 0 Å². The normalized spacial score (nSPS) is 13.3. The van der Waals surface area contributed by atoms with Crippen LogP contribution in [0, 0.1) is 6.61 Å². The number of hydrogen-bond donors (Lipinski definition) is 0. The molecule has 0 unspecified atom stereocenters. The fourth-order valence-corrected chi connectivity index (χ4v) is 2.88. The molecule has 0 fully saturated rings. The zero-order valence-electron chi connectivity index (χ0n) is 14.9. The highest BCUT2D eigenvalue weighted by molar-refractivity contribution is 6.42. The first kappa shape index (κ1) is 20.5. The smallest absolute Gasteiger partial charge is 0.338 e. The molecule has 0 amide bonds. The Kier molecular flexibility index (Phi) is 7.27. The van der Waals surface area contributed by atoms with Gasteiger partial charge in [-0.3, -0.25) is 4.90 Å². The van der Waals surface area contributed by atoms with Crippen LogP contribution in [0.1, 0.15) is 22.8 Å². The predicted molar refractivity (Wildman–Crippen MR) is 108 cm³/mol. The number of halogens is 2. The summed E-state index contributed by atoms with van der Waals surface area (Å²) in [6.07, 6.45) is 2.40. The molecule has 2 aromatic carbocycles. The summed E-state index contributed by atoms with van der Waals surface area (Å²) >= 11 is 12.1. The van der Waals surface area contributed by atoms with Gasteiger partial charge in [-0.2, -0.15) is 0 Å². The number of carbonyl (C=O) groups is 1. The van der Waals surface area contributed by atoms with Gasteiger partial charge < -0.3 is 4.74 Å². The van der Waals surface area contributed by atoms with Gasteiger partial charge in [0.1, 0.15) is 0 Å². The van der Waals surface area contributed by atoms with Crippen LogP contribution < -0.4 is 0 Å². The molecule has 0 N–H and O–H groups in total. The van der Waals surface area contributed by atoms with Crippen molar-refractivity contribution in [1.29, 1.82) is 0 Å². The molecule has 0 aliphatic heterocycles. The van der Waals surface area contributed by atoms with Gasteiger partial charge in [0.25, 0.3) is 0 Å². The Hall–Kier alpha value is -1.81. The monoisotopic (exact) mass is 390 g/mol. The Morgan fingerprint density at radius 1 is 1.19 bits per heavy atom. The summed E-state index contributed by atoms with van der Waals surface area (Å²) in [5.41, 5.74) is 0.951. The first-order chi connectivity index (χ1) is 12.4. The number of esters is 1. The van der Waals surface area contributed by atoms with E-state index in [1.54, 1.807) is 43.0 Å². The maximum Gasteiger partial charge on any atom is 0.338 e. The van der Waals surface area contributed by atoms with E-state index in [1.807, 2.05) is 32.2 Å². The minimum absolute atomic E-state index is 0.391. The highest BCUT2D eigenvalue weighted by atomic mass is 35.5. The average molecular weight is 391 g/mol. The molecule has 0 saturated heterocycles. The third kappa shape index (κ3) is 5.34. The second-order valence-corrected chi connectivity index (χ2v) is 7.16. The Bertz CT molecular complexity index is 764. The number of rotatable bonds is 8. The summed E-state index contributed by atoms with van der Waals surface area (Å²) in [7, 11) is 1.95. The molecule has 0 aliphatic rings. The molecule has 0 aliphatic carbocycles. The quantitative estimate of drug-likeness (QED) is 0.444. The van der Waals surface area contributed by atoms with Gasteiger partial charge in [-0.15, -0.1) is 6.58 Å². The lowest BCUT2D eigenvalue weighted by Crippen LogP contribution is -2.47. The van der Waals surface area contributed by atoms with Crippen molar-refractivity contribution in [1.82, 2.24) is 4.90 Å². The summed E-state index contributed by atoms with van der Waals surface area (Å²) < 4.78 is 5.49. The van der Waals surface area contributed by atoms with E-state index in [-0.39, 0.29) is 0 Å². The van der Waals surface area contributed by atoms with Crippen LogP contribution in [0.15, 0.2) is 61.2 Å². The zero-order valence-corrected chi connectivity index (χ0v) is 16.4. The van der Waals surface area contributed by atoms with E-state index in [4.69, 9.17) is 27.9 Å². The second kappa shape index (κ2) is 9.22. The molecule has 137 valence electrons. The molecule has 0 saturated carbocycles. The minimum atomic E-state index is -0.546. The Morgan fingerprint density at radius 2 is 1.88 bits per heavy atom. The lowest BCUT2D eigenvalue weighted by molar-refractivity contribution is 0.0425. The summed E-state index contributed by atoms with van der Waals surface area (Å²) in [5.74, 6) is -0.391. The molecule has 0 bridgehead atoms. The van der Waals surface area contributed by atoms with Crippen LogP contribution in [0.25, 0.3) is 0 Å². The predicted octanol–water partition coefficient (Wildman–Crippen LogP) is 5.43. The van der Waals surface area contributed by atoms with Crippen LogP contribution >= 0.6 is 23.2 Å². The average Bonchev–Trinajstić information content (AvgIpc) is 2.64. The van der Waals surface area contributed by atoms with Gasteiger partial charge in [0, 0.05) is 6.54 Å². The van der Waals surface area contributed by atoms with Crippen molar-refractivity contribution in [2.75, 3.05) is 13.6 Å². The first-order valence-corrected chi connectivity index (χ1v) is 8.98. The number of nitrogens with zero attached hydrogens (tertiary/aromatic N) is 1. The number of likely N-dealkylation sites (N-methyl/N-ethyl adjacent to an activating group) is 1. The maximum atomic E-state index is 12.3. The number of carbonyl (C=O) groups excluding carboxylic acids is 1. The third-order valence-corrected chi connectivity index (χ3v) is 4.99. The van der Waals surface area contributed by atoms with Crippen molar-refractivity contribution in [3.8, 4) is 0 Å². The SMILES string of the molecule is C=CCN(C)[C@](C)([CH]OC(=O)c1ccccc1)Cc1ccc(Cl)c(Cl)c1. The molecular formula is C21H22Cl2NO2. The van der Waals surface area contributed by atoms with E-state index in [2.05, 4.69) is 11.5 Å². The number of benzene rings is 2. The summed E-state index contributed by atoms with van der Waals surface area (Å²) in [5, 5.41) is 1.01. The summed E-state index contributed by atoms with van der Waals surface area (Å²) in [4.78, 5) is 14.3. The van der Waals surface area contributed by atoms with Gasteiger partial charge in [-0.05, 0) is 50.2 Å².